The highest BCUT2D eigenvalue weighted by atomic mass is 15.1. The van der Waals surface area contributed by atoms with Gasteiger partial charge in [0.25, 0.3) is 0 Å². The maximum Gasteiger partial charge on any atom is 0.101 e. The number of nitriles is 2. The molecule has 0 aliphatic rings. The number of aryl methyl sites for hydroxylation is 1. The number of anilines is 1. The van der Waals surface area contributed by atoms with E-state index in [-0.39, 0.29) is 6.04 Å². The highest BCUT2D eigenvalue weighted by molar-refractivity contribution is 5.61. The normalized spacial score (nSPS) is 9.76. The molecule has 0 bridgehead atoms. The Kier molecular flexibility index (Phi) is 4.55. The van der Waals surface area contributed by atoms with Crippen LogP contribution in [0, 0.1) is 29.6 Å². The van der Waals surface area contributed by atoms with Gasteiger partial charge < -0.3 is 4.90 Å². The third-order valence-corrected chi connectivity index (χ3v) is 2.67. The monoisotopic (exact) mass is 227 g/mol. The van der Waals surface area contributed by atoms with Crippen molar-refractivity contribution >= 4 is 5.69 Å². The van der Waals surface area contributed by atoms with Gasteiger partial charge in [0.15, 0.2) is 0 Å². The number of hydrogen-bond acceptors (Lipinski definition) is 3. The van der Waals surface area contributed by atoms with Gasteiger partial charge in [-0.25, -0.2) is 0 Å². The molecule has 17 heavy (non-hydrogen) atoms. The van der Waals surface area contributed by atoms with Crippen molar-refractivity contribution in [1.82, 2.24) is 0 Å². The van der Waals surface area contributed by atoms with Crippen LogP contribution in [0.4, 0.5) is 5.69 Å². The van der Waals surface area contributed by atoms with Gasteiger partial charge in [-0.05, 0) is 38.5 Å². The Balaban J connectivity index is 3.13. The summed E-state index contributed by atoms with van der Waals surface area (Å²) >= 11 is 0. The molecule has 0 unspecified atom stereocenters. The SMILES string of the molecule is Cc1ccc(C#N)c(N(CCC#N)C(C)C)c1. The Hall–Kier alpha value is -2.00. The van der Waals surface area contributed by atoms with Crippen molar-refractivity contribution in [1.29, 1.82) is 10.5 Å². The number of benzene rings is 1. The fourth-order valence-electron chi connectivity index (χ4n) is 1.80. The fraction of sp³-hybridized carbons (Fsp3) is 0.429. The van der Waals surface area contributed by atoms with Crippen LogP contribution in [0.3, 0.4) is 0 Å². The molecule has 0 spiro atoms. The van der Waals surface area contributed by atoms with E-state index in [9.17, 15) is 0 Å². The average Bonchev–Trinajstić information content (AvgIpc) is 2.29. The molecule has 0 N–H and O–H groups in total. The first-order valence-corrected chi connectivity index (χ1v) is 5.74. The Morgan fingerprint density at radius 3 is 2.53 bits per heavy atom. The van der Waals surface area contributed by atoms with Gasteiger partial charge in [-0.3, -0.25) is 0 Å². The predicted molar refractivity (Wildman–Crippen MR) is 68.6 cm³/mol. The molecule has 1 aromatic carbocycles. The van der Waals surface area contributed by atoms with Crippen molar-refractivity contribution in [3.63, 3.8) is 0 Å². The van der Waals surface area contributed by atoms with E-state index in [0.717, 1.165) is 11.3 Å². The standard InChI is InChI=1S/C14H17N3/c1-11(2)17(8-4-7-15)14-9-12(3)5-6-13(14)10-16/h5-6,9,11H,4,8H2,1-3H3. The molecular weight excluding hydrogens is 210 g/mol. The molecule has 88 valence electrons. The van der Waals surface area contributed by atoms with Gasteiger partial charge in [0, 0.05) is 12.6 Å². The first-order valence-electron chi connectivity index (χ1n) is 5.74. The Bertz CT molecular complexity index is 463. The fourth-order valence-corrected chi connectivity index (χ4v) is 1.80. The highest BCUT2D eigenvalue weighted by Crippen LogP contribution is 2.23. The maximum absolute atomic E-state index is 9.12. The molecule has 0 aromatic heterocycles. The topological polar surface area (TPSA) is 50.8 Å². The molecular formula is C14H17N3. The summed E-state index contributed by atoms with van der Waals surface area (Å²) in [6.07, 6.45) is 0.469. The number of hydrogen-bond donors (Lipinski definition) is 0. The molecule has 0 radical (unpaired) electrons. The van der Waals surface area contributed by atoms with Crippen LogP contribution in [0.15, 0.2) is 18.2 Å². The van der Waals surface area contributed by atoms with Crippen LogP contribution >= 0.6 is 0 Å². The smallest absolute Gasteiger partial charge is 0.101 e. The van der Waals surface area contributed by atoms with Gasteiger partial charge in [0.05, 0.1) is 23.7 Å². The van der Waals surface area contributed by atoms with E-state index in [1.165, 1.54) is 0 Å². The summed E-state index contributed by atoms with van der Waals surface area (Å²) < 4.78 is 0. The van der Waals surface area contributed by atoms with Gasteiger partial charge in [0.1, 0.15) is 6.07 Å². The second-order valence-corrected chi connectivity index (χ2v) is 4.33. The first-order chi connectivity index (χ1) is 8.10. The second-order valence-electron chi connectivity index (χ2n) is 4.33. The molecule has 1 rings (SSSR count). The zero-order valence-electron chi connectivity index (χ0n) is 10.6. The van der Waals surface area contributed by atoms with Crippen LogP contribution in [0.2, 0.25) is 0 Å². The van der Waals surface area contributed by atoms with Crippen molar-refractivity contribution in [3.05, 3.63) is 29.3 Å². The van der Waals surface area contributed by atoms with Gasteiger partial charge in [-0.2, -0.15) is 10.5 Å². The molecule has 0 saturated heterocycles. The third kappa shape index (κ3) is 3.23. The summed E-state index contributed by atoms with van der Waals surface area (Å²) in [6, 6.07) is 10.4. The molecule has 0 amide bonds. The van der Waals surface area contributed by atoms with Crippen molar-refractivity contribution in [3.8, 4) is 12.1 Å². The lowest BCUT2D eigenvalue weighted by atomic mass is 10.1. The van der Waals surface area contributed by atoms with E-state index < -0.39 is 0 Å². The van der Waals surface area contributed by atoms with Crippen LogP contribution in [0.25, 0.3) is 0 Å². The van der Waals surface area contributed by atoms with Gasteiger partial charge >= 0.3 is 0 Å². The third-order valence-electron chi connectivity index (χ3n) is 2.67. The van der Waals surface area contributed by atoms with Crippen LogP contribution < -0.4 is 4.90 Å². The van der Waals surface area contributed by atoms with Crippen molar-refractivity contribution in [2.75, 3.05) is 11.4 Å². The molecule has 3 heteroatoms. The lowest BCUT2D eigenvalue weighted by molar-refractivity contribution is 0.685. The van der Waals surface area contributed by atoms with E-state index >= 15 is 0 Å². The van der Waals surface area contributed by atoms with Gasteiger partial charge in [0.2, 0.25) is 0 Å². The molecule has 1 aromatic rings. The summed E-state index contributed by atoms with van der Waals surface area (Å²) in [7, 11) is 0. The molecule has 0 fully saturated rings. The zero-order valence-corrected chi connectivity index (χ0v) is 10.6. The van der Waals surface area contributed by atoms with Crippen molar-refractivity contribution in [2.45, 2.75) is 33.2 Å². The molecule has 0 heterocycles. The lowest BCUT2D eigenvalue weighted by Crippen LogP contribution is -2.32. The Labute approximate surface area is 103 Å². The molecule has 0 aliphatic carbocycles. The van der Waals surface area contributed by atoms with E-state index in [1.807, 2.05) is 25.1 Å². The van der Waals surface area contributed by atoms with Crippen LogP contribution in [-0.2, 0) is 0 Å². The van der Waals surface area contributed by atoms with Crippen molar-refractivity contribution < 1.29 is 0 Å². The number of nitrogens with zero attached hydrogens (tertiary/aromatic N) is 3. The van der Waals surface area contributed by atoms with E-state index in [2.05, 4.69) is 30.9 Å². The molecule has 3 nitrogen and oxygen atoms in total. The van der Waals surface area contributed by atoms with Crippen molar-refractivity contribution in [2.24, 2.45) is 0 Å². The van der Waals surface area contributed by atoms with Crippen LogP contribution in [0.1, 0.15) is 31.4 Å². The van der Waals surface area contributed by atoms with E-state index in [0.29, 0.717) is 18.5 Å². The largest absolute Gasteiger partial charge is 0.367 e. The van der Waals surface area contributed by atoms with E-state index in [1.54, 1.807) is 0 Å². The second kappa shape index (κ2) is 5.92. The van der Waals surface area contributed by atoms with Gasteiger partial charge in [-0.1, -0.05) is 6.07 Å². The summed E-state index contributed by atoms with van der Waals surface area (Å²) in [5.41, 5.74) is 2.72. The Morgan fingerprint density at radius 2 is 2.00 bits per heavy atom. The highest BCUT2D eigenvalue weighted by Gasteiger charge is 2.14. The average molecular weight is 227 g/mol. The minimum Gasteiger partial charge on any atom is -0.367 e. The zero-order chi connectivity index (χ0) is 12.8. The maximum atomic E-state index is 9.12. The predicted octanol–water partition coefficient (Wildman–Crippen LogP) is 3.00. The summed E-state index contributed by atoms with van der Waals surface area (Å²) in [4.78, 5) is 2.11. The molecule has 0 saturated carbocycles. The number of rotatable bonds is 4. The lowest BCUT2D eigenvalue weighted by Gasteiger charge is -2.29. The minimum atomic E-state index is 0.275. The van der Waals surface area contributed by atoms with E-state index in [4.69, 9.17) is 10.5 Å². The molecule has 0 aliphatic heterocycles. The summed E-state index contributed by atoms with van der Waals surface area (Å²) in [5, 5.41) is 17.8. The Morgan fingerprint density at radius 1 is 1.29 bits per heavy atom. The van der Waals surface area contributed by atoms with Crippen LogP contribution in [0.5, 0.6) is 0 Å². The summed E-state index contributed by atoms with van der Waals surface area (Å²) in [5.74, 6) is 0. The van der Waals surface area contributed by atoms with Crippen LogP contribution in [-0.4, -0.2) is 12.6 Å². The summed E-state index contributed by atoms with van der Waals surface area (Å²) in [6.45, 7) is 6.81. The first kappa shape index (κ1) is 13.1. The van der Waals surface area contributed by atoms with Gasteiger partial charge in [-0.15, -0.1) is 0 Å². The quantitative estimate of drug-likeness (QED) is 0.794. The molecule has 0 atom stereocenters. The minimum absolute atomic E-state index is 0.275.